The molecule has 0 fully saturated rings. The molecule has 0 amide bonds. The first-order valence-electron chi connectivity index (χ1n) is 5.46. The standard InChI is InChI=1S/C13H14N4O/c1-3-11-12(15-9(2)16-13(11)18)17(14)10-7-5-4-6-8-10/h3-8H,1,14H2,2H3,(H,15,16,18). The van der Waals surface area contributed by atoms with Crippen LogP contribution in [0.1, 0.15) is 11.4 Å². The second kappa shape index (κ2) is 4.85. The van der Waals surface area contributed by atoms with Crippen molar-refractivity contribution >= 4 is 17.6 Å². The molecule has 1 heterocycles. The minimum atomic E-state index is -0.345. The maximum absolute atomic E-state index is 11.7. The van der Waals surface area contributed by atoms with Crippen molar-refractivity contribution in [2.75, 3.05) is 5.01 Å². The fourth-order valence-corrected chi connectivity index (χ4v) is 1.67. The summed E-state index contributed by atoms with van der Waals surface area (Å²) in [6.07, 6.45) is 1.45. The fourth-order valence-electron chi connectivity index (χ4n) is 1.67. The highest BCUT2D eigenvalue weighted by Gasteiger charge is 2.12. The molecular formula is C13H14N4O. The Morgan fingerprint density at radius 1 is 1.39 bits per heavy atom. The van der Waals surface area contributed by atoms with Gasteiger partial charge in [0.1, 0.15) is 11.6 Å². The number of aromatic amines is 1. The number of nitrogens with one attached hydrogen (secondary N) is 1. The van der Waals surface area contributed by atoms with E-state index < -0.39 is 0 Å². The Hall–Kier alpha value is -2.40. The molecule has 0 saturated carbocycles. The Bertz CT molecular complexity index is 619. The van der Waals surface area contributed by atoms with Gasteiger partial charge in [-0.25, -0.2) is 5.84 Å². The number of nitrogens with zero attached hydrogens (tertiary/aromatic N) is 2. The van der Waals surface area contributed by atoms with E-state index in [2.05, 4.69) is 16.5 Å². The number of anilines is 2. The van der Waals surface area contributed by atoms with Crippen LogP contribution in [-0.2, 0) is 0 Å². The van der Waals surface area contributed by atoms with Crippen molar-refractivity contribution < 1.29 is 0 Å². The van der Waals surface area contributed by atoms with Crippen LogP contribution in [0.15, 0.2) is 41.7 Å². The quantitative estimate of drug-likeness (QED) is 0.635. The molecule has 3 N–H and O–H groups in total. The average molecular weight is 242 g/mol. The van der Waals surface area contributed by atoms with Crippen LogP contribution in [0.3, 0.4) is 0 Å². The van der Waals surface area contributed by atoms with Gasteiger partial charge in [0.2, 0.25) is 0 Å². The summed E-state index contributed by atoms with van der Waals surface area (Å²) in [6, 6.07) is 9.33. The van der Waals surface area contributed by atoms with E-state index >= 15 is 0 Å². The number of benzene rings is 1. The molecule has 18 heavy (non-hydrogen) atoms. The van der Waals surface area contributed by atoms with Crippen LogP contribution in [0.4, 0.5) is 11.5 Å². The van der Waals surface area contributed by atoms with Crippen molar-refractivity contribution in [2.45, 2.75) is 6.92 Å². The predicted molar refractivity (Wildman–Crippen MR) is 72.5 cm³/mol. The summed E-state index contributed by atoms with van der Waals surface area (Å²) in [5.74, 6) is 7.00. The molecule has 0 unspecified atom stereocenters. The van der Waals surface area contributed by atoms with Gasteiger partial charge in [-0.05, 0) is 19.1 Å². The molecule has 5 heteroatoms. The Morgan fingerprint density at radius 2 is 2.06 bits per heavy atom. The number of aryl methyl sites for hydroxylation is 1. The van der Waals surface area contributed by atoms with E-state index in [1.54, 1.807) is 6.92 Å². The molecule has 0 aliphatic carbocycles. The third-order valence-corrected chi connectivity index (χ3v) is 2.53. The van der Waals surface area contributed by atoms with Crippen LogP contribution >= 0.6 is 0 Å². The van der Waals surface area contributed by atoms with Crippen molar-refractivity contribution in [3.63, 3.8) is 0 Å². The van der Waals surface area contributed by atoms with Gasteiger partial charge in [-0.2, -0.15) is 4.98 Å². The molecule has 0 bridgehead atoms. The van der Waals surface area contributed by atoms with E-state index in [1.165, 1.54) is 11.1 Å². The van der Waals surface area contributed by atoms with E-state index in [4.69, 9.17) is 5.84 Å². The van der Waals surface area contributed by atoms with Crippen molar-refractivity contribution in [2.24, 2.45) is 5.84 Å². The number of rotatable bonds is 3. The van der Waals surface area contributed by atoms with Gasteiger partial charge < -0.3 is 4.98 Å². The third-order valence-electron chi connectivity index (χ3n) is 2.53. The second-order valence-corrected chi connectivity index (χ2v) is 3.80. The fraction of sp³-hybridized carbons (Fsp3) is 0.0769. The number of hydrazine groups is 1. The maximum Gasteiger partial charge on any atom is 0.282 e. The lowest BCUT2D eigenvalue weighted by atomic mass is 10.2. The number of hydrogen-bond donors (Lipinski definition) is 2. The van der Waals surface area contributed by atoms with E-state index in [1.807, 2.05) is 30.3 Å². The zero-order valence-electron chi connectivity index (χ0n) is 10.1. The topological polar surface area (TPSA) is 75.0 Å². The smallest absolute Gasteiger partial charge is 0.282 e. The highest BCUT2D eigenvalue weighted by atomic mass is 16.1. The molecule has 2 rings (SSSR count). The number of nitrogens with two attached hydrogens (primary N) is 1. The van der Waals surface area contributed by atoms with Gasteiger partial charge in [-0.1, -0.05) is 30.9 Å². The largest absolute Gasteiger partial charge is 0.328 e. The normalized spacial score (nSPS) is 10.1. The van der Waals surface area contributed by atoms with E-state index in [0.29, 0.717) is 17.2 Å². The van der Waals surface area contributed by atoms with Crippen LogP contribution < -0.4 is 16.4 Å². The van der Waals surface area contributed by atoms with Gasteiger partial charge in [-0.15, -0.1) is 0 Å². The SMILES string of the molecule is C=Cc1c(N(N)c2ccccc2)[nH]c(C)nc1=O. The lowest BCUT2D eigenvalue weighted by Gasteiger charge is -2.20. The molecule has 1 aromatic carbocycles. The first-order valence-corrected chi connectivity index (χ1v) is 5.46. The summed E-state index contributed by atoms with van der Waals surface area (Å²) in [4.78, 5) is 18.5. The molecule has 0 aliphatic heterocycles. The van der Waals surface area contributed by atoms with Crippen LogP contribution in [-0.4, -0.2) is 9.97 Å². The minimum absolute atomic E-state index is 0.345. The Morgan fingerprint density at radius 3 is 2.67 bits per heavy atom. The molecule has 5 nitrogen and oxygen atoms in total. The number of aromatic nitrogens is 2. The van der Waals surface area contributed by atoms with Gasteiger partial charge in [0.05, 0.1) is 11.3 Å². The Balaban J connectivity index is 2.57. The van der Waals surface area contributed by atoms with Crippen LogP contribution in [0, 0.1) is 6.92 Å². The average Bonchev–Trinajstić information content (AvgIpc) is 2.38. The predicted octanol–water partition coefficient (Wildman–Crippen LogP) is 1.73. The minimum Gasteiger partial charge on any atom is -0.328 e. The number of para-hydroxylation sites is 1. The summed E-state index contributed by atoms with van der Waals surface area (Å²) in [5, 5.41) is 1.41. The van der Waals surface area contributed by atoms with E-state index in [9.17, 15) is 4.79 Å². The van der Waals surface area contributed by atoms with Gasteiger partial charge in [0.25, 0.3) is 5.56 Å². The van der Waals surface area contributed by atoms with E-state index in [0.717, 1.165) is 5.69 Å². The molecule has 0 spiro atoms. The summed E-state index contributed by atoms with van der Waals surface area (Å²) in [5.41, 5.74) is 0.774. The van der Waals surface area contributed by atoms with Gasteiger partial charge in [0.15, 0.2) is 0 Å². The molecule has 0 aliphatic rings. The lowest BCUT2D eigenvalue weighted by Crippen LogP contribution is -2.30. The molecular weight excluding hydrogens is 228 g/mol. The van der Waals surface area contributed by atoms with E-state index in [-0.39, 0.29) is 5.56 Å². The molecule has 0 atom stereocenters. The Labute approximate surface area is 105 Å². The first-order chi connectivity index (χ1) is 8.63. The molecule has 0 saturated heterocycles. The summed E-state index contributed by atoms with van der Waals surface area (Å²) >= 11 is 0. The van der Waals surface area contributed by atoms with Gasteiger partial charge in [-0.3, -0.25) is 9.80 Å². The Kier molecular flexibility index (Phi) is 3.25. The van der Waals surface area contributed by atoms with Crippen molar-refractivity contribution in [1.29, 1.82) is 0 Å². The summed E-state index contributed by atoms with van der Waals surface area (Å²) < 4.78 is 0. The monoisotopic (exact) mass is 242 g/mol. The summed E-state index contributed by atoms with van der Waals surface area (Å²) in [7, 11) is 0. The lowest BCUT2D eigenvalue weighted by molar-refractivity contribution is 0.952. The molecule has 0 radical (unpaired) electrons. The van der Waals surface area contributed by atoms with Crippen molar-refractivity contribution in [3.8, 4) is 0 Å². The second-order valence-electron chi connectivity index (χ2n) is 3.80. The maximum atomic E-state index is 11.7. The van der Waals surface area contributed by atoms with Crippen LogP contribution in [0.2, 0.25) is 0 Å². The number of hydrogen-bond acceptors (Lipinski definition) is 4. The zero-order valence-corrected chi connectivity index (χ0v) is 10.1. The summed E-state index contributed by atoms with van der Waals surface area (Å²) in [6.45, 7) is 5.32. The zero-order chi connectivity index (χ0) is 13.1. The first kappa shape index (κ1) is 12.1. The van der Waals surface area contributed by atoms with Crippen molar-refractivity contribution in [1.82, 2.24) is 9.97 Å². The van der Waals surface area contributed by atoms with Crippen molar-refractivity contribution in [3.05, 3.63) is 58.7 Å². The highest BCUT2D eigenvalue weighted by molar-refractivity contribution is 5.68. The number of H-pyrrole nitrogens is 1. The highest BCUT2D eigenvalue weighted by Crippen LogP contribution is 2.21. The van der Waals surface area contributed by atoms with Crippen LogP contribution in [0.5, 0.6) is 0 Å². The van der Waals surface area contributed by atoms with Gasteiger partial charge in [0, 0.05) is 0 Å². The third kappa shape index (κ3) is 2.16. The van der Waals surface area contributed by atoms with Gasteiger partial charge >= 0.3 is 0 Å². The van der Waals surface area contributed by atoms with Crippen LogP contribution in [0.25, 0.3) is 6.08 Å². The molecule has 2 aromatic rings. The molecule has 1 aromatic heterocycles. The molecule has 92 valence electrons.